The van der Waals surface area contributed by atoms with Gasteiger partial charge in [-0.25, -0.2) is 4.98 Å². The molecule has 0 spiro atoms. The van der Waals surface area contributed by atoms with Crippen molar-refractivity contribution in [1.82, 2.24) is 4.98 Å². The number of amides is 1. The molecule has 2 aromatic heterocycles. The number of carbonyl (C=O) groups excluding carboxylic acids is 1. The summed E-state index contributed by atoms with van der Waals surface area (Å²) in [5, 5.41) is 5.74. The molecule has 0 unspecified atom stereocenters. The fourth-order valence-electron chi connectivity index (χ4n) is 1.92. The first-order valence-electron chi connectivity index (χ1n) is 6.99. The van der Waals surface area contributed by atoms with E-state index in [0.29, 0.717) is 33.1 Å². The molecule has 122 valence electrons. The smallest absolute Gasteiger partial charge is 0.266 e. The normalized spacial score (nSPS) is 10.4. The largest absolute Gasteiger partial charge is 0.489 e. The second-order valence-corrected chi connectivity index (χ2v) is 6.67. The summed E-state index contributed by atoms with van der Waals surface area (Å²) >= 11 is 13.0. The average molecular weight is 379 g/mol. The Balaban J connectivity index is 1.60. The van der Waals surface area contributed by atoms with Crippen molar-refractivity contribution < 1.29 is 9.53 Å². The zero-order valence-corrected chi connectivity index (χ0v) is 14.7. The number of aromatic nitrogens is 1. The fraction of sp³-hybridized carbons (Fsp3) is 0.0588. The average Bonchev–Trinajstić information content (AvgIpc) is 3.04. The second kappa shape index (κ2) is 7.66. The van der Waals surface area contributed by atoms with Crippen LogP contribution in [0, 0.1) is 0 Å². The zero-order valence-electron chi connectivity index (χ0n) is 12.3. The minimum Gasteiger partial charge on any atom is -0.489 e. The summed E-state index contributed by atoms with van der Waals surface area (Å²) in [5.41, 5.74) is 0.911. The van der Waals surface area contributed by atoms with Crippen molar-refractivity contribution in [1.29, 1.82) is 0 Å². The van der Waals surface area contributed by atoms with Gasteiger partial charge in [-0.05, 0) is 41.8 Å². The summed E-state index contributed by atoms with van der Waals surface area (Å²) in [5.74, 6) is 0.920. The Morgan fingerprint density at radius 3 is 2.79 bits per heavy atom. The lowest BCUT2D eigenvalue weighted by Gasteiger charge is -2.04. The SMILES string of the molecule is O=C(Nc1ccc(Cl)cn1)c1cc(COc2cccc(Cl)c2)cs1. The van der Waals surface area contributed by atoms with E-state index in [1.165, 1.54) is 17.5 Å². The van der Waals surface area contributed by atoms with E-state index in [-0.39, 0.29) is 5.91 Å². The van der Waals surface area contributed by atoms with Gasteiger partial charge in [0.05, 0.1) is 9.90 Å². The third-order valence-electron chi connectivity index (χ3n) is 3.05. The minimum atomic E-state index is -0.219. The van der Waals surface area contributed by atoms with Crippen LogP contribution in [0.3, 0.4) is 0 Å². The molecule has 0 radical (unpaired) electrons. The number of pyridine rings is 1. The first-order valence-corrected chi connectivity index (χ1v) is 8.62. The van der Waals surface area contributed by atoms with Crippen LogP contribution < -0.4 is 10.1 Å². The highest BCUT2D eigenvalue weighted by molar-refractivity contribution is 7.12. The molecule has 7 heteroatoms. The van der Waals surface area contributed by atoms with E-state index in [0.717, 1.165) is 5.56 Å². The van der Waals surface area contributed by atoms with E-state index in [1.54, 1.807) is 30.3 Å². The molecular weight excluding hydrogens is 367 g/mol. The molecule has 4 nitrogen and oxygen atoms in total. The maximum Gasteiger partial charge on any atom is 0.266 e. The van der Waals surface area contributed by atoms with E-state index in [1.807, 2.05) is 17.5 Å². The summed E-state index contributed by atoms with van der Waals surface area (Å²) in [6.07, 6.45) is 1.48. The van der Waals surface area contributed by atoms with Crippen molar-refractivity contribution in [3.05, 3.63) is 74.5 Å². The maximum absolute atomic E-state index is 12.2. The van der Waals surface area contributed by atoms with Gasteiger partial charge in [0.25, 0.3) is 5.91 Å². The Hall–Kier alpha value is -2.08. The van der Waals surface area contributed by atoms with Crippen LogP contribution in [0.1, 0.15) is 15.2 Å². The number of halogens is 2. The number of nitrogens with one attached hydrogen (secondary N) is 1. The molecular formula is C17H12Cl2N2O2S. The lowest BCUT2D eigenvalue weighted by atomic mass is 10.3. The molecule has 0 atom stereocenters. The highest BCUT2D eigenvalue weighted by atomic mass is 35.5. The molecule has 0 aliphatic rings. The molecule has 1 aromatic carbocycles. The lowest BCUT2D eigenvalue weighted by Crippen LogP contribution is -2.11. The third kappa shape index (κ3) is 4.47. The molecule has 24 heavy (non-hydrogen) atoms. The number of hydrogen-bond acceptors (Lipinski definition) is 4. The van der Waals surface area contributed by atoms with E-state index < -0.39 is 0 Å². The van der Waals surface area contributed by atoms with Gasteiger partial charge in [0, 0.05) is 16.8 Å². The first-order chi connectivity index (χ1) is 11.6. The number of hydrogen-bond donors (Lipinski definition) is 1. The van der Waals surface area contributed by atoms with Gasteiger partial charge in [-0.15, -0.1) is 11.3 Å². The number of thiophene rings is 1. The molecule has 0 saturated heterocycles. The van der Waals surface area contributed by atoms with E-state index >= 15 is 0 Å². The van der Waals surface area contributed by atoms with Crippen LogP contribution in [-0.4, -0.2) is 10.9 Å². The highest BCUT2D eigenvalue weighted by Crippen LogP contribution is 2.21. The van der Waals surface area contributed by atoms with Crippen LogP contribution >= 0.6 is 34.5 Å². The van der Waals surface area contributed by atoms with Gasteiger partial charge in [-0.2, -0.15) is 0 Å². The van der Waals surface area contributed by atoms with Crippen LogP contribution in [0.4, 0.5) is 5.82 Å². The molecule has 0 aliphatic carbocycles. The monoisotopic (exact) mass is 378 g/mol. The Bertz CT molecular complexity index is 850. The maximum atomic E-state index is 12.2. The molecule has 1 N–H and O–H groups in total. The molecule has 1 amide bonds. The van der Waals surface area contributed by atoms with Gasteiger partial charge in [0.15, 0.2) is 0 Å². The standard InChI is InChI=1S/C17H12Cl2N2O2S/c18-12-2-1-3-14(7-12)23-9-11-6-15(24-10-11)17(22)21-16-5-4-13(19)8-20-16/h1-8,10H,9H2,(H,20,21,22). The van der Waals surface area contributed by atoms with Crippen LogP contribution in [0.2, 0.25) is 10.0 Å². The number of nitrogens with zero attached hydrogens (tertiary/aromatic N) is 1. The molecule has 2 heterocycles. The Morgan fingerprint density at radius 2 is 2.04 bits per heavy atom. The molecule has 0 bridgehead atoms. The first kappa shape index (κ1) is 16.8. The second-order valence-electron chi connectivity index (χ2n) is 4.88. The fourth-order valence-corrected chi connectivity index (χ4v) is 3.01. The van der Waals surface area contributed by atoms with Crippen LogP contribution in [0.15, 0.2) is 54.0 Å². The Morgan fingerprint density at radius 1 is 1.17 bits per heavy atom. The van der Waals surface area contributed by atoms with E-state index in [9.17, 15) is 4.79 Å². The molecule has 3 rings (SSSR count). The van der Waals surface area contributed by atoms with Gasteiger partial charge in [0.1, 0.15) is 18.2 Å². The number of rotatable bonds is 5. The van der Waals surface area contributed by atoms with Crippen LogP contribution in [0.25, 0.3) is 0 Å². The topological polar surface area (TPSA) is 51.2 Å². The van der Waals surface area contributed by atoms with Gasteiger partial charge in [-0.3, -0.25) is 4.79 Å². The summed E-state index contributed by atoms with van der Waals surface area (Å²) in [4.78, 5) is 16.8. The van der Waals surface area contributed by atoms with Crippen molar-refractivity contribution in [3.63, 3.8) is 0 Å². The van der Waals surface area contributed by atoms with Crippen molar-refractivity contribution >= 4 is 46.3 Å². The summed E-state index contributed by atoms with van der Waals surface area (Å²) in [6, 6.07) is 12.3. The number of carbonyl (C=O) groups is 1. The van der Waals surface area contributed by atoms with Gasteiger partial charge in [-0.1, -0.05) is 29.3 Å². The van der Waals surface area contributed by atoms with Gasteiger partial charge in [0.2, 0.25) is 0 Å². The van der Waals surface area contributed by atoms with E-state index in [4.69, 9.17) is 27.9 Å². The lowest BCUT2D eigenvalue weighted by molar-refractivity contribution is 0.103. The number of anilines is 1. The predicted octanol–water partition coefficient (Wildman–Crippen LogP) is 5.28. The molecule has 3 aromatic rings. The van der Waals surface area contributed by atoms with Crippen LogP contribution in [-0.2, 0) is 6.61 Å². The van der Waals surface area contributed by atoms with Crippen molar-refractivity contribution in [2.75, 3.05) is 5.32 Å². The third-order valence-corrected chi connectivity index (χ3v) is 4.48. The zero-order chi connectivity index (χ0) is 16.9. The van der Waals surface area contributed by atoms with Gasteiger partial charge < -0.3 is 10.1 Å². The van der Waals surface area contributed by atoms with Crippen molar-refractivity contribution in [3.8, 4) is 5.75 Å². The van der Waals surface area contributed by atoms with E-state index in [2.05, 4.69) is 10.3 Å². The minimum absolute atomic E-state index is 0.219. The Kier molecular flexibility index (Phi) is 5.35. The number of benzene rings is 1. The summed E-state index contributed by atoms with van der Waals surface area (Å²) < 4.78 is 5.66. The molecule has 0 aliphatic heterocycles. The highest BCUT2D eigenvalue weighted by Gasteiger charge is 2.10. The van der Waals surface area contributed by atoms with Crippen molar-refractivity contribution in [2.24, 2.45) is 0 Å². The quantitative estimate of drug-likeness (QED) is 0.656. The Labute approximate surface area is 153 Å². The molecule has 0 fully saturated rings. The van der Waals surface area contributed by atoms with Crippen molar-refractivity contribution in [2.45, 2.75) is 6.61 Å². The number of ether oxygens (including phenoxy) is 1. The van der Waals surface area contributed by atoms with Gasteiger partial charge >= 0.3 is 0 Å². The molecule has 0 saturated carbocycles. The summed E-state index contributed by atoms with van der Waals surface area (Å²) in [6.45, 7) is 0.364. The summed E-state index contributed by atoms with van der Waals surface area (Å²) in [7, 11) is 0. The predicted molar refractivity (Wildman–Crippen MR) is 97.3 cm³/mol. The van der Waals surface area contributed by atoms with Crippen LogP contribution in [0.5, 0.6) is 5.75 Å².